The molecule has 0 saturated carbocycles. The van der Waals surface area contributed by atoms with Gasteiger partial charge in [-0.2, -0.15) is 0 Å². The molecule has 0 aromatic heterocycles. The van der Waals surface area contributed by atoms with Crippen molar-refractivity contribution in [2.75, 3.05) is 13.2 Å². The van der Waals surface area contributed by atoms with Gasteiger partial charge in [-0.1, -0.05) is 42.5 Å². The molecule has 1 aliphatic heterocycles. The standard InChI is InChI=1S/C24H24FNO4/c1-2-30-23(29)24(15-6-8-18-11-13-20(25)14-12-18)16-7-17-26(22(24)28)21(27)19-9-4-3-5-10-19/h3-6,8-14H,2,7,15-17H2,1H3/t24-/m0/s1. The van der Waals surface area contributed by atoms with E-state index in [2.05, 4.69) is 0 Å². The number of carbonyl (C=O) groups excluding carboxylic acids is 3. The topological polar surface area (TPSA) is 63.7 Å². The van der Waals surface area contributed by atoms with Crippen molar-refractivity contribution in [3.8, 4) is 0 Å². The molecule has 1 aliphatic rings. The average molecular weight is 409 g/mol. The number of ether oxygens (including phenoxy) is 1. The molecule has 0 radical (unpaired) electrons. The number of esters is 1. The summed E-state index contributed by atoms with van der Waals surface area (Å²) in [6, 6.07) is 14.4. The smallest absolute Gasteiger partial charge is 0.321 e. The molecule has 0 N–H and O–H groups in total. The van der Waals surface area contributed by atoms with E-state index in [1.165, 1.54) is 12.1 Å². The van der Waals surface area contributed by atoms with Gasteiger partial charge in [0.1, 0.15) is 5.82 Å². The monoisotopic (exact) mass is 409 g/mol. The Morgan fingerprint density at radius 3 is 2.50 bits per heavy atom. The number of piperidine rings is 1. The number of nitrogens with zero attached hydrogens (tertiary/aromatic N) is 1. The molecule has 0 bridgehead atoms. The van der Waals surface area contributed by atoms with Crippen molar-refractivity contribution < 1.29 is 23.5 Å². The maximum absolute atomic E-state index is 13.4. The summed E-state index contributed by atoms with van der Waals surface area (Å²) in [6.07, 6.45) is 4.34. The summed E-state index contributed by atoms with van der Waals surface area (Å²) < 4.78 is 18.3. The van der Waals surface area contributed by atoms with Gasteiger partial charge in [0.15, 0.2) is 5.41 Å². The summed E-state index contributed by atoms with van der Waals surface area (Å²) in [5.74, 6) is -1.92. The molecule has 0 spiro atoms. The number of amides is 2. The molecule has 1 fully saturated rings. The number of hydrogen-bond acceptors (Lipinski definition) is 4. The lowest BCUT2D eigenvalue weighted by molar-refractivity contribution is -0.166. The molecule has 1 atom stereocenters. The minimum absolute atomic E-state index is 0.0978. The first-order valence-electron chi connectivity index (χ1n) is 9.98. The van der Waals surface area contributed by atoms with E-state index in [-0.39, 0.29) is 25.4 Å². The Morgan fingerprint density at radius 1 is 1.13 bits per heavy atom. The van der Waals surface area contributed by atoms with Gasteiger partial charge >= 0.3 is 5.97 Å². The van der Waals surface area contributed by atoms with E-state index >= 15 is 0 Å². The fourth-order valence-electron chi connectivity index (χ4n) is 3.64. The van der Waals surface area contributed by atoms with Crippen LogP contribution in [0.4, 0.5) is 4.39 Å². The third kappa shape index (κ3) is 4.48. The summed E-state index contributed by atoms with van der Waals surface area (Å²) in [5.41, 5.74) is -0.307. The lowest BCUT2D eigenvalue weighted by atomic mass is 9.75. The van der Waals surface area contributed by atoms with Gasteiger partial charge in [0.2, 0.25) is 5.91 Å². The third-order valence-corrected chi connectivity index (χ3v) is 5.22. The zero-order valence-corrected chi connectivity index (χ0v) is 16.8. The summed E-state index contributed by atoms with van der Waals surface area (Å²) in [7, 11) is 0. The van der Waals surface area contributed by atoms with Crippen molar-refractivity contribution in [1.29, 1.82) is 0 Å². The van der Waals surface area contributed by atoms with E-state index < -0.39 is 23.2 Å². The number of carbonyl (C=O) groups is 3. The van der Waals surface area contributed by atoms with Crippen LogP contribution in [0.15, 0.2) is 60.7 Å². The van der Waals surface area contributed by atoms with Crippen molar-refractivity contribution >= 4 is 23.9 Å². The fourth-order valence-corrected chi connectivity index (χ4v) is 3.64. The highest BCUT2D eigenvalue weighted by Gasteiger charge is 2.52. The molecule has 2 aromatic carbocycles. The van der Waals surface area contributed by atoms with Gasteiger partial charge in [-0.3, -0.25) is 19.3 Å². The highest BCUT2D eigenvalue weighted by Crippen LogP contribution is 2.37. The second kappa shape index (κ2) is 9.48. The van der Waals surface area contributed by atoms with Gasteiger partial charge in [0.25, 0.3) is 5.91 Å². The summed E-state index contributed by atoms with van der Waals surface area (Å²) in [4.78, 5) is 40.3. The third-order valence-electron chi connectivity index (χ3n) is 5.22. The molecular formula is C24H24FNO4. The van der Waals surface area contributed by atoms with Crippen LogP contribution in [0, 0.1) is 11.2 Å². The second-order valence-electron chi connectivity index (χ2n) is 7.19. The zero-order chi connectivity index (χ0) is 21.6. The Morgan fingerprint density at radius 2 is 1.83 bits per heavy atom. The van der Waals surface area contributed by atoms with Gasteiger partial charge in [-0.15, -0.1) is 0 Å². The molecule has 2 amide bonds. The van der Waals surface area contributed by atoms with Gasteiger partial charge < -0.3 is 4.74 Å². The summed E-state index contributed by atoms with van der Waals surface area (Å²) in [5, 5.41) is 0. The Kier molecular flexibility index (Phi) is 6.77. The van der Waals surface area contributed by atoms with E-state index in [9.17, 15) is 18.8 Å². The molecular weight excluding hydrogens is 385 g/mol. The predicted octanol–water partition coefficient (Wildman–Crippen LogP) is 4.24. The maximum Gasteiger partial charge on any atom is 0.321 e. The van der Waals surface area contributed by atoms with Crippen molar-refractivity contribution in [2.45, 2.75) is 26.2 Å². The van der Waals surface area contributed by atoms with E-state index in [0.29, 0.717) is 18.4 Å². The molecule has 0 unspecified atom stereocenters. The first kappa shape index (κ1) is 21.4. The normalized spacial score (nSPS) is 19.1. The highest BCUT2D eigenvalue weighted by atomic mass is 19.1. The van der Waals surface area contributed by atoms with E-state index in [4.69, 9.17) is 4.74 Å². The first-order chi connectivity index (χ1) is 14.5. The van der Waals surface area contributed by atoms with Crippen molar-refractivity contribution in [2.24, 2.45) is 5.41 Å². The van der Waals surface area contributed by atoms with E-state index in [0.717, 1.165) is 10.5 Å². The Balaban J connectivity index is 1.87. The number of benzene rings is 2. The van der Waals surface area contributed by atoms with Gasteiger partial charge in [0, 0.05) is 12.1 Å². The molecule has 5 nitrogen and oxygen atoms in total. The molecule has 6 heteroatoms. The molecule has 1 heterocycles. The molecule has 0 aliphatic carbocycles. The van der Waals surface area contributed by atoms with Crippen LogP contribution >= 0.6 is 0 Å². The SMILES string of the molecule is CCOC(=O)[C@@]1(CC=Cc2ccc(F)cc2)CCCN(C(=O)c2ccccc2)C1=O. The van der Waals surface area contributed by atoms with Crippen LogP contribution in [0.2, 0.25) is 0 Å². The van der Waals surface area contributed by atoms with Crippen LogP contribution in [-0.2, 0) is 14.3 Å². The molecule has 30 heavy (non-hydrogen) atoms. The lowest BCUT2D eigenvalue weighted by Gasteiger charge is -2.38. The summed E-state index contributed by atoms with van der Waals surface area (Å²) in [6.45, 7) is 2.08. The number of halogens is 1. The summed E-state index contributed by atoms with van der Waals surface area (Å²) >= 11 is 0. The van der Waals surface area contributed by atoms with Crippen LogP contribution in [0.25, 0.3) is 6.08 Å². The van der Waals surface area contributed by atoms with Gasteiger partial charge in [-0.05, 0) is 56.0 Å². The fraction of sp³-hybridized carbons (Fsp3) is 0.292. The number of rotatable bonds is 6. The number of likely N-dealkylation sites (tertiary alicyclic amines) is 1. The highest BCUT2D eigenvalue weighted by molar-refractivity contribution is 6.13. The minimum atomic E-state index is -1.45. The molecule has 1 saturated heterocycles. The number of hydrogen-bond donors (Lipinski definition) is 0. The largest absolute Gasteiger partial charge is 0.465 e. The van der Waals surface area contributed by atoms with Crippen molar-refractivity contribution in [3.05, 3.63) is 77.6 Å². The van der Waals surface area contributed by atoms with Crippen LogP contribution in [-0.4, -0.2) is 35.8 Å². The Hall–Kier alpha value is -3.28. The van der Waals surface area contributed by atoms with Crippen molar-refractivity contribution in [1.82, 2.24) is 4.90 Å². The molecule has 156 valence electrons. The quantitative estimate of drug-likeness (QED) is 0.407. The van der Waals surface area contributed by atoms with Crippen molar-refractivity contribution in [3.63, 3.8) is 0 Å². The van der Waals surface area contributed by atoms with Gasteiger partial charge in [0.05, 0.1) is 6.61 Å². The minimum Gasteiger partial charge on any atom is -0.465 e. The zero-order valence-electron chi connectivity index (χ0n) is 16.8. The van der Waals surface area contributed by atoms with E-state index in [1.807, 2.05) is 0 Å². The Labute approximate surface area is 175 Å². The number of allylic oxidation sites excluding steroid dienone is 1. The van der Waals surface area contributed by atoms with Crippen LogP contribution < -0.4 is 0 Å². The Bertz CT molecular complexity index is 939. The number of imide groups is 1. The van der Waals surface area contributed by atoms with Crippen LogP contribution in [0.3, 0.4) is 0 Å². The molecule has 2 aromatic rings. The van der Waals surface area contributed by atoms with Crippen LogP contribution in [0.1, 0.15) is 42.1 Å². The van der Waals surface area contributed by atoms with Crippen LogP contribution in [0.5, 0.6) is 0 Å². The van der Waals surface area contributed by atoms with E-state index in [1.54, 1.807) is 61.5 Å². The maximum atomic E-state index is 13.4. The lowest BCUT2D eigenvalue weighted by Crippen LogP contribution is -2.55. The second-order valence-corrected chi connectivity index (χ2v) is 7.19. The molecule has 3 rings (SSSR count). The first-order valence-corrected chi connectivity index (χ1v) is 9.98. The van der Waals surface area contributed by atoms with Gasteiger partial charge in [-0.25, -0.2) is 4.39 Å². The predicted molar refractivity (Wildman–Crippen MR) is 111 cm³/mol. The average Bonchev–Trinajstić information content (AvgIpc) is 2.76.